The summed E-state index contributed by atoms with van der Waals surface area (Å²) in [6.45, 7) is 2.58. The summed E-state index contributed by atoms with van der Waals surface area (Å²) in [5.41, 5.74) is 1.36. The second kappa shape index (κ2) is 6.66. The van der Waals surface area contributed by atoms with Crippen LogP contribution in [-0.4, -0.2) is 28.5 Å². The lowest BCUT2D eigenvalue weighted by Crippen LogP contribution is -2.19. The number of hydrogen-bond donors (Lipinski definition) is 1. The van der Waals surface area contributed by atoms with Crippen LogP contribution in [0.4, 0.5) is 5.82 Å². The third-order valence-electron chi connectivity index (χ3n) is 3.13. The minimum atomic E-state index is -0.160. The molecule has 0 bridgehead atoms. The van der Waals surface area contributed by atoms with Crippen LogP contribution in [-0.2, 0) is 6.42 Å². The van der Waals surface area contributed by atoms with Crippen molar-refractivity contribution in [1.29, 1.82) is 5.26 Å². The molecule has 0 aromatic carbocycles. The fourth-order valence-electron chi connectivity index (χ4n) is 1.91. The number of aryl methyl sites for hydroxylation is 1. The van der Waals surface area contributed by atoms with E-state index in [1.54, 1.807) is 6.20 Å². The number of pyridine rings is 1. The second-order valence-corrected chi connectivity index (χ2v) is 4.67. The molecule has 0 unspecified atom stereocenters. The molecule has 1 N–H and O–H groups in total. The van der Waals surface area contributed by atoms with Crippen LogP contribution < -0.4 is 10.5 Å². The molecule has 0 saturated carbocycles. The minimum Gasteiger partial charge on any atom is -0.359 e. The molecule has 108 valence electrons. The Balaban J connectivity index is 2.25. The van der Waals surface area contributed by atoms with Crippen molar-refractivity contribution in [2.24, 2.45) is 0 Å². The molecule has 21 heavy (non-hydrogen) atoms. The van der Waals surface area contributed by atoms with Gasteiger partial charge in [0.2, 0.25) is 0 Å². The Kier molecular flexibility index (Phi) is 4.67. The summed E-state index contributed by atoms with van der Waals surface area (Å²) < 4.78 is 0. The zero-order valence-electron chi connectivity index (χ0n) is 12.1. The van der Waals surface area contributed by atoms with Crippen LogP contribution >= 0.6 is 0 Å². The predicted octanol–water partition coefficient (Wildman–Crippen LogP) is 1.74. The summed E-state index contributed by atoms with van der Waals surface area (Å²) in [6, 6.07) is 7.32. The van der Waals surface area contributed by atoms with Gasteiger partial charge in [0.05, 0.1) is 12.5 Å². The van der Waals surface area contributed by atoms with Crippen LogP contribution in [0, 0.1) is 11.3 Å². The van der Waals surface area contributed by atoms with Gasteiger partial charge in [-0.25, -0.2) is 9.97 Å². The number of nitrogens with one attached hydrogen (secondary N) is 1. The Morgan fingerprint density at radius 2 is 2.24 bits per heavy atom. The van der Waals surface area contributed by atoms with E-state index in [4.69, 9.17) is 5.26 Å². The third kappa shape index (κ3) is 3.66. The molecule has 0 aliphatic carbocycles. The highest BCUT2D eigenvalue weighted by molar-refractivity contribution is 5.56. The summed E-state index contributed by atoms with van der Waals surface area (Å²) in [5.74, 6) is 1.31. The van der Waals surface area contributed by atoms with Gasteiger partial charge in [-0.2, -0.15) is 5.26 Å². The van der Waals surface area contributed by atoms with E-state index in [0.29, 0.717) is 25.2 Å². The molecular weight excluding hydrogens is 266 g/mol. The van der Waals surface area contributed by atoms with Crippen molar-refractivity contribution in [2.75, 3.05) is 18.5 Å². The predicted molar refractivity (Wildman–Crippen MR) is 81.0 cm³/mol. The van der Waals surface area contributed by atoms with Gasteiger partial charge < -0.3 is 9.88 Å². The van der Waals surface area contributed by atoms with Gasteiger partial charge in [-0.1, -0.05) is 6.92 Å². The smallest absolute Gasteiger partial charge is 0.251 e. The highest BCUT2D eigenvalue weighted by Crippen LogP contribution is 2.16. The maximum absolute atomic E-state index is 11.6. The fraction of sp³-hybridized carbons (Fsp3) is 0.333. The molecule has 2 heterocycles. The minimum absolute atomic E-state index is 0.160. The van der Waals surface area contributed by atoms with Gasteiger partial charge in [-0.3, -0.25) is 4.79 Å². The van der Waals surface area contributed by atoms with Crippen molar-refractivity contribution >= 4 is 5.82 Å². The largest absolute Gasteiger partial charge is 0.359 e. The molecule has 0 amide bonds. The van der Waals surface area contributed by atoms with E-state index < -0.39 is 0 Å². The van der Waals surface area contributed by atoms with E-state index in [9.17, 15) is 4.79 Å². The molecule has 0 fully saturated rings. The van der Waals surface area contributed by atoms with E-state index in [-0.39, 0.29) is 5.56 Å². The lowest BCUT2D eigenvalue weighted by molar-refractivity contribution is 0.884. The lowest BCUT2D eigenvalue weighted by Gasteiger charge is -2.16. The van der Waals surface area contributed by atoms with Crippen LogP contribution in [0.25, 0.3) is 11.4 Å². The van der Waals surface area contributed by atoms with E-state index >= 15 is 0 Å². The maximum atomic E-state index is 11.6. The van der Waals surface area contributed by atoms with Crippen molar-refractivity contribution in [2.45, 2.75) is 19.8 Å². The topological polar surface area (TPSA) is 85.7 Å². The molecule has 0 radical (unpaired) electrons. The number of anilines is 1. The molecule has 0 atom stereocenters. The number of aromatic nitrogens is 3. The number of nitrogens with zero attached hydrogens (tertiary/aromatic N) is 4. The first-order valence-corrected chi connectivity index (χ1v) is 6.78. The monoisotopic (exact) mass is 283 g/mol. The van der Waals surface area contributed by atoms with Crippen molar-refractivity contribution in [3.05, 3.63) is 40.4 Å². The highest BCUT2D eigenvalue weighted by atomic mass is 16.1. The molecule has 0 spiro atoms. The normalized spacial score (nSPS) is 10.1. The Hall–Kier alpha value is -2.68. The van der Waals surface area contributed by atoms with E-state index in [0.717, 1.165) is 17.1 Å². The second-order valence-electron chi connectivity index (χ2n) is 4.67. The van der Waals surface area contributed by atoms with Crippen LogP contribution in [0.1, 0.15) is 19.0 Å². The molecule has 0 aliphatic heterocycles. The van der Waals surface area contributed by atoms with Gasteiger partial charge in [-0.05, 0) is 18.6 Å². The Bertz CT molecular complexity index is 699. The first kappa shape index (κ1) is 14.7. The lowest BCUT2D eigenvalue weighted by atomic mass is 10.2. The molecule has 2 aromatic heterocycles. The van der Waals surface area contributed by atoms with Gasteiger partial charge >= 0.3 is 0 Å². The highest BCUT2D eigenvalue weighted by Gasteiger charge is 2.06. The average Bonchev–Trinajstić information content (AvgIpc) is 2.52. The van der Waals surface area contributed by atoms with Gasteiger partial charge in [0.1, 0.15) is 11.6 Å². The van der Waals surface area contributed by atoms with Gasteiger partial charge in [0.25, 0.3) is 5.56 Å². The number of nitriles is 1. The molecular formula is C15H17N5O. The van der Waals surface area contributed by atoms with Gasteiger partial charge in [-0.15, -0.1) is 0 Å². The number of rotatable bonds is 5. The third-order valence-corrected chi connectivity index (χ3v) is 3.13. The molecule has 2 rings (SSSR count). The van der Waals surface area contributed by atoms with E-state index in [2.05, 4.69) is 21.0 Å². The summed E-state index contributed by atoms with van der Waals surface area (Å²) in [6.07, 6.45) is 2.84. The molecule has 0 aliphatic rings. The van der Waals surface area contributed by atoms with Crippen molar-refractivity contribution in [1.82, 2.24) is 15.0 Å². The van der Waals surface area contributed by atoms with Crippen LogP contribution in [0.3, 0.4) is 0 Å². The van der Waals surface area contributed by atoms with Crippen molar-refractivity contribution in [3.8, 4) is 17.5 Å². The average molecular weight is 283 g/mol. The zero-order valence-corrected chi connectivity index (χ0v) is 12.1. The zero-order chi connectivity index (χ0) is 15.2. The Morgan fingerprint density at radius 3 is 2.86 bits per heavy atom. The standard InChI is InChI=1S/C15H17N5O/c1-3-12-9-14(21)19-15(18-12)11-5-6-13(17-10-11)20(2)8-4-7-16/h5-6,9-10H,3-4,8H2,1-2H3,(H,18,19,21). The molecule has 2 aromatic rings. The molecule has 0 saturated heterocycles. The SMILES string of the molecule is CCc1cc(=O)[nH]c(-c2ccc(N(C)CCC#N)nc2)n1. The molecule has 6 heteroatoms. The van der Waals surface area contributed by atoms with E-state index in [1.807, 2.05) is 31.0 Å². The fourth-order valence-corrected chi connectivity index (χ4v) is 1.91. The first-order chi connectivity index (χ1) is 10.1. The van der Waals surface area contributed by atoms with Gasteiger partial charge in [0.15, 0.2) is 0 Å². The summed E-state index contributed by atoms with van der Waals surface area (Å²) in [7, 11) is 1.89. The number of hydrogen-bond acceptors (Lipinski definition) is 5. The van der Waals surface area contributed by atoms with Crippen LogP contribution in [0.15, 0.2) is 29.2 Å². The maximum Gasteiger partial charge on any atom is 0.251 e. The summed E-state index contributed by atoms with van der Waals surface area (Å²) >= 11 is 0. The number of aromatic amines is 1. The van der Waals surface area contributed by atoms with Crippen molar-refractivity contribution < 1.29 is 0 Å². The van der Waals surface area contributed by atoms with Crippen LogP contribution in [0.5, 0.6) is 0 Å². The van der Waals surface area contributed by atoms with Gasteiger partial charge in [0, 0.05) is 37.1 Å². The van der Waals surface area contributed by atoms with E-state index in [1.165, 1.54) is 6.07 Å². The quantitative estimate of drug-likeness (QED) is 0.903. The summed E-state index contributed by atoms with van der Waals surface area (Å²) in [4.78, 5) is 24.9. The Labute approximate surface area is 123 Å². The Morgan fingerprint density at radius 1 is 1.43 bits per heavy atom. The summed E-state index contributed by atoms with van der Waals surface area (Å²) in [5, 5.41) is 8.59. The first-order valence-electron chi connectivity index (χ1n) is 6.78. The molecule has 6 nitrogen and oxygen atoms in total. The van der Waals surface area contributed by atoms with Crippen molar-refractivity contribution in [3.63, 3.8) is 0 Å². The van der Waals surface area contributed by atoms with Crippen LogP contribution in [0.2, 0.25) is 0 Å². The number of H-pyrrole nitrogens is 1.